The van der Waals surface area contributed by atoms with Crippen molar-refractivity contribution in [3.05, 3.63) is 0 Å². The fourth-order valence-electron chi connectivity index (χ4n) is 3.14. The van der Waals surface area contributed by atoms with E-state index in [9.17, 15) is 9.90 Å². The minimum absolute atomic E-state index is 0.250. The highest BCUT2D eigenvalue weighted by atomic mass is 16.3. The quantitative estimate of drug-likeness (QED) is 0.840. The van der Waals surface area contributed by atoms with Crippen LogP contribution in [-0.2, 0) is 4.79 Å². The molecule has 1 N–H and O–H groups in total. The van der Waals surface area contributed by atoms with Crippen LogP contribution in [0.2, 0.25) is 0 Å². The molecule has 2 unspecified atom stereocenters. The topological polar surface area (TPSA) is 43.8 Å². The van der Waals surface area contributed by atoms with E-state index in [0.717, 1.165) is 44.9 Å². The first-order valence-corrected chi connectivity index (χ1v) is 7.74. The molecule has 110 valence electrons. The molecule has 4 heteroatoms. The Morgan fingerprint density at radius 1 is 1.26 bits per heavy atom. The van der Waals surface area contributed by atoms with Gasteiger partial charge in [0.05, 0.1) is 12.6 Å². The van der Waals surface area contributed by atoms with E-state index < -0.39 is 0 Å². The first kappa shape index (κ1) is 14.8. The van der Waals surface area contributed by atoms with Crippen molar-refractivity contribution in [2.45, 2.75) is 45.6 Å². The predicted molar refractivity (Wildman–Crippen MR) is 75.8 cm³/mol. The second-order valence-electron chi connectivity index (χ2n) is 6.44. The molecule has 0 aromatic heterocycles. The Hall–Kier alpha value is -0.610. The summed E-state index contributed by atoms with van der Waals surface area (Å²) in [6, 6.07) is 0. The number of amides is 1. The van der Waals surface area contributed by atoms with E-state index in [1.54, 1.807) is 0 Å². The van der Waals surface area contributed by atoms with Crippen LogP contribution < -0.4 is 0 Å². The van der Waals surface area contributed by atoms with Gasteiger partial charge in [-0.1, -0.05) is 6.92 Å². The van der Waals surface area contributed by atoms with Crippen molar-refractivity contribution in [2.75, 3.05) is 32.7 Å². The van der Waals surface area contributed by atoms with Crippen molar-refractivity contribution in [3.63, 3.8) is 0 Å². The van der Waals surface area contributed by atoms with E-state index in [4.69, 9.17) is 0 Å². The second-order valence-corrected chi connectivity index (χ2v) is 6.44. The number of aliphatic hydroxyl groups is 1. The summed E-state index contributed by atoms with van der Waals surface area (Å²) < 4.78 is 0. The number of hydrogen-bond donors (Lipinski definition) is 1. The van der Waals surface area contributed by atoms with Gasteiger partial charge in [0.1, 0.15) is 0 Å². The normalized spacial score (nSPS) is 28.4. The molecule has 2 aliphatic heterocycles. The number of hydrogen-bond acceptors (Lipinski definition) is 3. The van der Waals surface area contributed by atoms with Crippen LogP contribution >= 0.6 is 0 Å². The average molecular weight is 268 g/mol. The zero-order valence-electron chi connectivity index (χ0n) is 12.3. The lowest BCUT2D eigenvalue weighted by Gasteiger charge is -2.36. The van der Waals surface area contributed by atoms with Gasteiger partial charge in [0.25, 0.3) is 0 Å². The Balaban J connectivity index is 1.79. The molecule has 2 fully saturated rings. The maximum atomic E-state index is 12.3. The zero-order valence-corrected chi connectivity index (χ0v) is 12.3. The third-order valence-electron chi connectivity index (χ3n) is 4.73. The van der Waals surface area contributed by atoms with Crippen molar-refractivity contribution in [2.24, 2.45) is 11.8 Å². The maximum absolute atomic E-state index is 12.3. The number of piperidine rings is 2. The highest BCUT2D eigenvalue weighted by Crippen LogP contribution is 2.21. The third-order valence-corrected chi connectivity index (χ3v) is 4.73. The molecule has 4 nitrogen and oxygen atoms in total. The Morgan fingerprint density at radius 3 is 2.58 bits per heavy atom. The van der Waals surface area contributed by atoms with E-state index in [1.807, 2.05) is 11.8 Å². The maximum Gasteiger partial charge on any atom is 0.236 e. The van der Waals surface area contributed by atoms with Gasteiger partial charge in [-0.05, 0) is 51.6 Å². The zero-order chi connectivity index (χ0) is 13.8. The summed E-state index contributed by atoms with van der Waals surface area (Å²) in [5, 5.41) is 9.68. The standard InChI is InChI=1S/C15H28N2O2/c1-12-5-8-16(9-6-12)11-15(19)17-7-3-4-14(10-17)13(2)18/h12-14,18H,3-11H2,1-2H3. The van der Waals surface area contributed by atoms with Crippen LogP contribution in [0.15, 0.2) is 0 Å². The molecule has 0 spiro atoms. The summed E-state index contributed by atoms with van der Waals surface area (Å²) in [7, 11) is 0. The minimum atomic E-state index is -0.300. The highest BCUT2D eigenvalue weighted by molar-refractivity contribution is 5.78. The van der Waals surface area contributed by atoms with Crippen molar-refractivity contribution in [1.29, 1.82) is 0 Å². The van der Waals surface area contributed by atoms with Gasteiger partial charge in [-0.15, -0.1) is 0 Å². The smallest absolute Gasteiger partial charge is 0.236 e. The van der Waals surface area contributed by atoms with Crippen LogP contribution in [-0.4, -0.2) is 59.6 Å². The molecular weight excluding hydrogens is 240 g/mol. The van der Waals surface area contributed by atoms with Gasteiger partial charge in [-0.3, -0.25) is 9.69 Å². The number of aliphatic hydroxyl groups excluding tert-OH is 1. The molecule has 1 amide bonds. The molecule has 2 rings (SSSR count). The molecule has 0 aromatic rings. The molecule has 2 saturated heterocycles. The van der Waals surface area contributed by atoms with Crippen LogP contribution in [0.25, 0.3) is 0 Å². The van der Waals surface area contributed by atoms with E-state index >= 15 is 0 Å². The molecule has 0 bridgehead atoms. The molecule has 0 aromatic carbocycles. The van der Waals surface area contributed by atoms with Gasteiger partial charge in [-0.25, -0.2) is 0 Å². The Bertz CT molecular complexity index is 299. The van der Waals surface area contributed by atoms with E-state index in [1.165, 1.54) is 12.8 Å². The first-order chi connectivity index (χ1) is 9.06. The first-order valence-electron chi connectivity index (χ1n) is 7.74. The molecule has 19 heavy (non-hydrogen) atoms. The number of rotatable bonds is 3. The van der Waals surface area contributed by atoms with Crippen LogP contribution in [0, 0.1) is 11.8 Å². The van der Waals surface area contributed by atoms with E-state index in [0.29, 0.717) is 6.54 Å². The Labute approximate surface area is 116 Å². The van der Waals surface area contributed by atoms with E-state index in [-0.39, 0.29) is 17.9 Å². The fraction of sp³-hybridized carbons (Fsp3) is 0.933. The number of carbonyl (C=O) groups is 1. The lowest BCUT2D eigenvalue weighted by Crippen LogP contribution is -2.48. The second kappa shape index (κ2) is 6.71. The summed E-state index contributed by atoms with van der Waals surface area (Å²) in [6.45, 7) is 8.41. The lowest BCUT2D eigenvalue weighted by molar-refractivity contribution is -0.135. The molecule has 2 atom stereocenters. The number of likely N-dealkylation sites (tertiary alicyclic amines) is 2. The summed E-state index contributed by atoms with van der Waals surface area (Å²) in [6.07, 6.45) is 4.19. The van der Waals surface area contributed by atoms with Gasteiger partial charge in [0.15, 0.2) is 0 Å². The highest BCUT2D eigenvalue weighted by Gasteiger charge is 2.27. The van der Waals surface area contributed by atoms with Crippen molar-refractivity contribution in [3.8, 4) is 0 Å². The summed E-state index contributed by atoms with van der Waals surface area (Å²) in [5.74, 6) is 1.32. The summed E-state index contributed by atoms with van der Waals surface area (Å²) >= 11 is 0. The largest absolute Gasteiger partial charge is 0.393 e. The van der Waals surface area contributed by atoms with Crippen molar-refractivity contribution < 1.29 is 9.90 Å². The van der Waals surface area contributed by atoms with Crippen LogP contribution in [0.4, 0.5) is 0 Å². The number of carbonyl (C=O) groups excluding carboxylic acids is 1. The van der Waals surface area contributed by atoms with Crippen molar-refractivity contribution in [1.82, 2.24) is 9.80 Å². The molecule has 2 aliphatic rings. The lowest BCUT2D eigenvalue weighted by atomic mass is 9.93. The van der Waals surface area contributed by atoms with Crippen LogP contribution in [0.3, 0.4) is 0 Å². The molecule has 2 heterocycles. The van der Waals surface area contributed by atoms with Gasteiger partial charge < -0.3 is 10.0 Å². The Kier molecular flexibility index (Phi) is 5.22. The van der Waals surface area contributed by atoms with Gasteiger partial charge >= 0.3 is 0 Å². The SMILES string of the molecule is CC1CCN(CC(=O)N2CCCC(C(C)O)C2)CC1. The third kappa shape index (κ3) is 4.18. The van der Waals surface area contributed by atoms with E-state index in [2.05, 4.69) is 11.8 Å². The Morgan fingerprint density at radius 2 is 1.95 bits per heavy atom. The monoisotopic (exact) mass is 268 g/mol. The van der Waals surface area contributed by atoms with Crippen molar-refractivity contribution >= 4 is 5.91 Å². The average Bonchev–Trinajstić information content (AvgIpc) is 2.41. The summed E-state index contributed by atoms with van der Waals surface area (Å²) in [4.78, 5) is 16.6. The molecule has 0 aliphatic carbocycles. The van der Waals surface area contributed by atoms with Gasteiger partial charge in [0.2, 0.25) is 5.91 Å². The molecular formula is C15H28N2O2. The summed E-state index contributed by atoms with van der Waals surface area (Å²) in [5.41, 5.74) is 0. The minimum Gasteiger partial charge on any atom is -0.393 e. The molecule has 0 radical (unpaired) electrons. The van der Waals surface area contributed by atoms with Gasteiger partial charge in [-0.2, -0.15) is 0 Å². The van der Waals surface area contributed by atoms with Gasteiger partial charge in [0, 0.05) is 19.0 Å². The fourth-order valence-corrected chi connectivity index (χ4v) is 3.14. The molecule has 0 saturated carbocycles. The predicted octanol–water partition coefficient (Wildman–Crippen LogP) is 1.34. The number of nitrogens with zero attached hydrogens (tertiary/aromatic N) is 2. The van der Waals surface area contributed by atoms with Crippen LogP contribution in [0.1, 0.15) is 39.5 Å². The van der Waals surface area contributed by atoms with Crippen LogP contribution in [0.5, 0.6) is 0 Å².